The van der Waals surface area contributed by atoms with Crippen LogP contribution in [0.1, 0.15) is 112 Å². The number of nitrogens with one attached hydrogen (secondary N) is 1. The Bertz CT molecular complexity index is 605. The first kappa shape index (κ1) is 22.1. The van der Waals surface area contributed by atoms with Crippen molar-refractivity contribution in [1.82, 2.24) is 5.32 Å². The van der Waals surface area contributed by atoms with E-state index in [0.717, 1.165) is 30.6 Å². The minimum absolute atomic E-state index is 0.0493. The van der Waals surface area contributed by atoms with Gasteiger partial charge in [-0.3, -0.25) is 0 Å². The monoisotopic (exact) mass is 403 g/mol. The maximum absolute atomic E-state index is 10.4. The van der Waals surface area contributed by atoms with E-state index < -0.39 is 0 Å². The van der Waals surface area contributed by atoms with E-state index in [1.807, 2.05) is 0 Å². The highest BCUT2D eigenvalue weighted by atomic mass is 16.3. The van der Waals surface area contributed by atoms with Crippen LogP contribution in [0.2, 0.25) is 0 Å². The highest BCUT2D eigenvalue weighted by Crippen LogP contribution is 2.75. The molecule has 2 nitrogen and oxygen atoms in total. The number of hydrogen-bond acceptors (Lipinski definition) is 2. The third kappa shape index (κ3) is 3.17. The molecule has 0 aliphatic heterocycles. The SMILES string of the molecule is CCCCNC(C)C1CC[C@@]2(C)[C@H]3CC[C@@]4(C)C[C@@H](O)CCC4[C@@]3(C)CC[C@]12C. The maximum Gasteiger partial charge on any atom is 0.0545 e. The van der Waals surface area contributed by atoms with Crippen molar-refractivity contribution in [3.8, 4) is 0 Å². The number of fused-ring (bicyclic) bond motifs is 5. The topological polar surface area (TPSA) is 32.3 Å². The largest absolute Gasteiger partial charge is 0.393 e. The van der Waals surface area contributed by atoms with Crippen LogP contribution in [0.4, 0.5) is 0 Å². The summed E-state index contributed by atoms with van der Waals surface area (Å²) in [5.41, 5.74) is 1.83. The van der Waals surface area contributed by atoms with Gasteiger partial charge in [-0.2, -0.15) is 0 Å². The Balaban J connectivity index is 1.59. The summed E-state index contributed by atoms with van der Waals surface area (Å²) in [5.74, 6) is 2.52. The van der Waals surface area contributed by atoms with Crippen LogP contribution in [0.15, 0.2) is 0 Å². The first-order valence-electron chi connectivity index (χ1n) is 13.0. The second-order valence-electron chi connectivity index (χ2n) is 12.8. The van der Waals surface area contributed by atoms with E-state index in [2.05, 4.69) is 46.9 Å². The molecule has 4 rings (SSSR count). The van der Waals surface area contributed by atoms with Crippen LogP contribution < -0.4 is 5.32 Å². The second kappa shape index (κ2) is 7.51. The molecule has 9 atom stereocenters. The first-order valence-corrected chi connectivity index (χ1v) is 13.0. The van der Waals surface area contributed by atoms with Crippen molar-refractivity contribution >= 4 is 0 Å². The standard InChI is InChI=1S/C27H49NO/c1-7-8-17-28-19(2)21-11-14-27(6)23-12-13-24(3)18-20(29)9-10-22(24)25(23,4)15-16-26(21,27)5/h19-23,28-29H,7-18H2,1-6H3/t19?,20-,21?,22?,23-,24-,25+,26+,27-/m0/s1. The first-order chi connectivity index (χ1) is 13.6. The Kier molecular flexibility index (Phi) is 5.73. The minimum atomic E-state index is -0.0493. The molecule has 0 heterocycles. The van der Waals surface area contributed by atoms with Crippen LogP contribution in [0.25, 0.3) is 0 Å². The zero-order chi connectivity index (χ0) is 21.1. The maximum atomic E-state index is 10.4. The fourth-order valence-corrected chi connectivity index (χ4v) is 9.84. The Morgan fingerprint density at radius 3 is 2.38 bits per heavy atom. The van der Waals surface area contributed by atoms with Crippen LogP contribution in [0.5, 0.6) is 0 Å². The molecular weight excluding hydrogens is 354 g/mol. The quantitative estimate of drug-likeness (QED) is 0.509. The highest BCUT2D eigenvalue weighted by molar-refractivity contribution is 5.18. The van der Waals surface area contributed by atoms with E-state index in [-0.39, 0.29) is 6.10 Å². The van der Waals surface area contributed by atoms with Gasteiger partial charge < -0.3 is 10.4 Å². The van der Waals surface area contributed by atoms with Gasteiger partial charge in [-0.15, -0.1) is 0 Å². The molecule has 168 valence electrons. The van der Waals surface area contributed by atoms with Gasteiger partial charge in [0.05, 0.1) is 6.10 Å². The molecule has 4 saturated carbocycles. The van der Waals surface area contributed by atoms with Crippen LogP contribution in [0, 0.1) is 39.4 Å². The van der Waals surface area contributed by atoms with Crippen molar-refractivity contribution in [3.05, 3.63) is 0 Å². The summed E-state index contributed by atoms with van der Waals surface area (Å²) in [7, 11) is 0. The summed E-state index contributed by atoms with van der Waals surface area (Å²) < 4.78 is 0. The lowest BCUT2D eigenvalue weighted by Gasteiger charge is -2.68. The molecule has 2 N–H and O–H groups in total. The second-order valence-corrected chi connectivity index (χ2v) is 12.8. The predicted octanol–water partition coefficient (Wildman–Crippen LogP) is 6.56. The Hall–Kier alpha value is -0.0800. The lowest BCUT2D eigenvalue weighted by atomic mass is 9.36. The molecule has 0 bridgehead atoms. The highest BCUT2D eigenvalue weighted by Gasteiger charge is 2.68. The van der Waals surface area contributed by atoms with Crippen molar-refractivity contribution in [2.75, 3.05) is 6.54 Å². The van der Waals surface area contributed by atoms with Crippen LogP contribution in [0.3, 0.4) is 0 Å². The summed E-state index contributed by atoms with van der Waals surface area (Å²) >= 11 is 0. The summed E-state index contributed by atoms with van der Waals surface area (Å²) in [6, 6.07) is 0.649. The molecule has 2 heteroatoms. The van der Waals surface area contributed by atoms with Gasteiger partial charge in [-0.05, 0) is 117 Å². The predicted molar refractivity (Wildman–Crippen MR) is 123 cm³/mol. The van der Waals surface area contributed by atoms with E-state index in [1.165, 1.54) is 64.3 Å². The summed E-state index contributed by atoms with van der Waals surface area (Å²) in [4.78, 5) is 0. The smallest absolute Gasteiger partial charge is 0.0545 e. The number of rotatable bonds is 5. The lowest BCUT2D eigenvalue weighted by Crippen LogP contribution is -2.62. The number of hydrogen-bond donors (Lipinski definition) is 2. The normalized spacial score (nSPS) is 53.1. The Morgan fingerprint density at radius 1 is 0.897 bits per heavy atom. The number of unbranched alkanes of at least 4 members (excludes halogenated alkanes) is 1. The van der Waals surface area contributed by atoms with Gasteiger partial charge in [-0.1, -0.05) is 41.0 Å². The molecule has 0 saturated heterocycles. The molecule has 29 heavy (non-hydrogen) atoms. The van der Waals surface area contributed by atoms with E-state index in [4.69, 9.17) is 0 Å². The zero-order valence-corrected chi connectivity index (χ0v) is 20.3. The van der Waals surface area contributed by atoms with E-state index in [1.54, 1.807) is 0 Å². The van der Waals surface area contributed by atoms with Crippen molar-refractivity contribution in [2.45, 2.75) is 124 Å². The fraction of sp³-hybridized carbons (Fsp3) is 1.00. The van der Waals surface area contributed by atoms with E-state index in [9.17, 15) is 5.11 Å². The molecule has 0 aromatic heterocycles. The van der Waals surface area contributed by atoms with Crippen molar-refractivity contribution in [1.29, 1.82) is 0 Å². The third-order valence-corrected chi connectivity index (χ3v) is 11.6. The van der Waals surface area contributed by atoms with Crippen molar-refractivity contribution < 1.29 is 5.11 Å². The molecule has 4 aliphatic carbocycles. The molecular formula is C27H49NO. The molecule has 0 aromatic rings. The van der Waals surface area contributed by atoms with E-state index in [0.29, 0.717) is 27.7 Å². The van der Waals surface area contributed by atoms with Crippen molar-refractivity contribution in [2.24, 2.45) is 39.4 Å². The third-order valence-electron chi connectivity index (χ3n) is 11.6. The van der Waals surface area contributed by atoms with Gasteiger partial charge in [0.15, 0.2) is 0 Å². The molecule has 3 unspecified atom stereocenters. The minimum Gasteiger partial charge on any atom is -0.393 e. The van der Waals surface area contributed by atoms with Crippen LogP contribution in [-0.4, -0.2) is 23.8 Å². The van der Waals surface area contributed by atoms with E-state index >= 15 is 0 Å². The molecule has 0 amide bonds. The van der Waals surface area contributed by atoms with Gasteiger partial charge in [0, 0.05) is 6.04 Å². The molecule has 4 fully saturated rings. The van der Waals surface area contributed by atoms with Crippen LogP contribution >= 0.6 is 0 Å². The van der Waals surface area contributed by atoms with Crippen LogP contribution in [-0.2, 0) is 0 Å². The van der Waals surface area contributed by atoms with Gasteiger partial charge in [0.1, 0.15) is 0 Å². The Labute approximate surface area is 181 Å². The fourth-order valence-electron chi connectivity index (χ4n) is 9.84. The molecule has 0 aromatic carbocycles. The van der Waals surface area contributed by atoms with Gasteiger partial charge >= 0.3 is 0 Å². The molecule has 0 radical (unpaired) electrons. The van der Waals surface area contributed by atoms with Crippen molar-refractivity contribution in [3.63, 3.8) is 0 Å². The summed E-state index contributed by atoms with van der Waals surface area (Å²) in [6.45, 7) is 16.5. The average Bonchev–Trinajstić information content (AvgIpc) is 2.92. The van der Waals surface area contributed by atoms with Gasteiger partial charge in [-0.25, -0.2) is 0 Å². The average molecular weight is 404 g/mol. The zero-order valence-electron chi connectivity index (χ0n) is 20.3. The molecule has 4 aliphatic rings. The lowest BCUT2D eigenvalue weighted by molar-refractivity contribution is -0.200. The number of aliphatic hydroxyl groups is 1. The van der Waals surface area contributed by atoms with Gasteiger partial charge in [0.25, 0.3) is 0 Å². The summed E-state index contributed by atoms with van der Waals surface area (Å²) in [5, 5.41) is 14.3. The van der Waals surface area contributed by atoms with Gasteiger partial charge in [0.2, 0.25) is 0 Å². The molecule has 0 spiro atoms. The number of aliphatic hydroxyl groups excluding tert-OH is 1. The Morgan fingerprint density at radius 2 is 1.66 bits per heavy atom. The summed E-state index contributed by atoms with van der Waals surface area (Å²) in [6.07, 6.45) is 14.3.